The largest absolute Gasteiger partial charge is 0.370 e. The van der Waals surface area contributed by atoms with Crippen molar-refractivity contribution in [3.05, 3.63) is 29.3 Å². The number of sulfonamides is 1. The molecule has 0 aliphatic heterocycles. The second-order valence-corrected chi connectivity index (χ2v) is 9.03. The molecule has 2 amide bonds. The molecule has 0 bridgehead atoms. The first-order valence-electron chi connectivity index (χ1n) is 9.12. The number of halogens is 1. The molecule has 7 nitrogen and oxygen atoms in total. The van der Waals surface area contributed by atoms with Gasteiger partial charge >= 0.3 is 0 Å². The Balaban J connectivity index is 2.04. The minimum atomic E-state index is -3.93. The summed E-state index contributed by atoms with van der Waals surface area (Å²) >= 11 is 5.79. The smallest absolute Gasteiger partial charge is 0.241 e. The van der Waals surface area contributed by atoms with Crippen LogP contribution >= 0.6 is 11.6 Å². The minimum absolute atomic E-state index is 0.00134. The molecule has 0 radical (unpaired) electrons. The number of carbonyl (C=O) groups excluding carboxylic acids is 2. The highest BCUT2D eigenvalue weighted by Crippen LogP contribution is 2.23. The van der Waals surface area contributed by atoms with Gasteiger partial charge in [0, 0.05) is 18.0 Å². The molecule has 1 aliphatic rings. The number of hydrogen-bond acceptors (Lipinski definition) is 4. The van der Waals surface area contributed by atoms with E-state index in [1.54, 1.807) is 0 Å². The number of hydrogen-bond donors (Lipinski definition) is 3. The highest BCUT2D eigenvalue weighted by Gasteiger charge is 2.26. The highest BCUT2D eigenvalue weighted by molar-refractivity contribution is 7.89. The molecule has 9 heteroatoms. The maximum absolute atomic E-state index is 12.6. The third-order valence-electron chi connectivity index (χ3n) is 4.71. The first-order chi connectivity index (χ1) is 12.8. The molecule has 1 aromatic rings. The third kappa shape index (κ3) is 7.12. The number of benzene rings is 1. The normalized spacial score (nSPS) is 16.6. The van der Waals surface area contributed by atoms with E-state index in [0.29, 0.717) is 17.5 Å². The Morgan fingerprint density at radius 2 is 1.78 bits per heavy atom. The number of rotatable bonds is 9. The lowest BCUT2D eigenvalue weighted by molar-refractivity contribution is -0.123. The van der Waals surface area contributed by atoms with Gasteiger partial charge in [0.1, 0.15) is 6.04 Å². The first kappa shape index (κ1) is 21.7. The van der Waals surface area contributed by atoms with Gasteiger partial charge in [0.25, 0.3) is 0 Å². The summed E-state index contributed by atoms with van der Waals surface area (Å²) in [6.07, 6.45) is 5.53. The molecule has 0 spiro atoms. The van der Waals surface area contributed by atoms with Crippen LogP contribution in [0.1, 0.15) is 44.9 Å². The fraction of sp³-hybridized carbons (Fsp3) is 0.556. The fourth-order valence-electron chi connectivity index (χ4n) is 3.16. The summed E-state index contributed by atoms with van der Waals surface area (Å²) in [6.45, 7) is 0.509. The van der Waals surface area contributed by atoms with E-state index in [2.05, 4.69) is 10.0 Å². The van der Waals surface area contributed by atoms with Crippen LogP contribution in [0.4, 0.5) is 0 Å². The molecule has 27 heavy (non-hydrogen) atoms. The van der Waals surface area contributed by atoms with Crippen LogP contribution in [0.2, 0.25) is 5.02 Å². The number of carbonyl (C=O) groups is 2. The average Bonchev–Trinajstić information content (AvgIpc) is 2.64. The Bertz CT molecular complexity index is 746. The van der Waals surface area contributed by atoms with Crippen LogP contribution < -0.4 is 15.8 Å². The van der Waals surface area contributed by atoms with Crippen LogP contribution in [0.5, 0.6) is 0 Å². The van der Waals surface area contributed by atoms with Gasteiger partial charge in [-0.25, -0.2) is 8.42 Å². The zero-order valence-electron chi connectivity index (χ0n) is 15.1. The van der Waals surface area contributed by atoms with Crippen molar-refractivity contribution in [1.29, 1.82) is 0 Å². The van der Waals surface area contributed by atoms with Gasteiger partial charge in [-0.2, -0.15) is 4.72 Å². The van der Waals surface area contributed by atoms with Gasteiger partial charge in [-0.1, -0.05) is 30.9 Å². The fourth-order valence-corrected chi connectivity index (χ4v) is 4.51. The van der Waals surface area contributed by atoms with E-state index >= 15 is 0 Å². The van der Waals surface area contributed by atoms with Gasteiger partial charge in [0.15, 0.2) is 0 Å². The Morgan fingerprint density at radius 1 is 1.15 bits per heavy atom. The Kier molecular flexibility index (Phi) is 8.07. The van der Waals surface area contributed by atoms with E-state index in [0.717, 1.165) is 25.7 Å². The van der Waals surface area contributed by atoms with Crippen LogP contribution in [0.25, 0.3) is 0 Å². The molecule has 1 saturated carbocycles. The van der Waals surface area contributed by atoms with Gasteiger partial charge in [-0.3, -0.25) is 9.59 Å². The van der Waals surface area contributed by atoms with Crippen LogP contribution in [-0.2, 0) is 19.6 Å². The minimum Gasteiger partial charge on any atom is -0.370 e. The van der Waals surface area contributed by atoms with Crippen molar-refractivity contribution < 1.29 is 18.0 Å². The van der Waals surface area contributed by atoms with Gasteiger partial charge in [0.05, 0.1) is 4.90 Å². The van der Waals surface area contributed by atoms with E-state index in [-0.39, 0.29) is 17.7 Å². The van der Waals surface area contributed by atoms with E-state index in [4.69, 9.17) is 17.3 Å². The van der Waals surface area contributed by atoms with Gasteiger partial charge in [-0.15, -0.1) is 0 Å². The van der Waals surface area contributed by atoms with E-state index in [1.165, 1.54) is 30.7 Å². The van der Waals surface area contributed by atoms with Crippen molar-refractivity contribution in [2.75, 3.05) is 6.54 Å². The number of amides is 2. The van der Waals surface area contributed by atoms with E-state index < -0.39 is 27.9 Å². The predicted octanol–water partition coefficient (Wildman–Crippen LogP) is 1.95. The van der Waals surface area contributed by atoms with E-state index in [9.17, 15) is 18.0 Å². The Morgan fingerprint density at radius 3 is 2.37 bits per heavy atom. The SMILES string of the molecule is NC(=O)CC[C@H](NS(=O)(=O)c1ccc(Cl)cc1)C(=O)NCC1CCCCC1. The Hall–Kier alpha value is -1.64. The van der Waals surface area contributed by atoms with Gasteiger partial charge < -0.3 is 11.1 Å². The second-order valence-electron chi connectivity index (χ2n) is 6.88. The van der Waals surface area contributed by atoms with Crippen LogP contribution in [0.15, 0.2) is 29.2 Å². The number of nitrogens with two attached hydrogens (primary N) is 1. The van der Waals surface area contributed by atoms with Crippen LogP contribution in [0, 0.1) is 5.92 Å². The Labute approximate surface area is 165 Å². The summed E-state index contributed by atoms with van der Waals surface area (Å²) in [5, 5.41) is 3.23. The van der Waals surface area contributed by atoms with Crippen molar-refractivity contribution in [3.63, 3.8) is 0 Å². The predicted molar refractivity (Wildman–Crippen MR) is 104 cm³/mol. The van der Waals surface area contributed by atoms with Crippen molar-refractivity contribution in [2.24, 2.45) is 11.7 Å². The first-order valence-corrected chi connectivity index (χ1v) is 11.0. The summed E-state index contributed by atoms with van der Waals surface area (Å²) < 4.78 is 27.5. The molecule has 0 saturated heterocycles. The summed E-state index contributed by atoms with van der Waals surface area (Å²) in [4.78, 5) is 23.6. The second kappa shape index (κ2) is 10.1. The molecule has 4 N–H and O–H groups in total. The molecule has 1 aliphatic carbocycles. The van der Waals surface area contributed by atoms with Crippen molar-refractivity contribution in [2.45, 2.75) is 55.9 Å². The molecule has 150 valence electrons. The lowest BCUT2D eigenvalue weighted by Gasteiger charge is -2.24. The van der Waals surface area contributed by atoms with Crippen molar-refractivity contribution in [1.82, 2.24) is 10.0 Å². The van der Waals surface area contributed by atoms with Crippen LogP contribution in [0.3, 0.4) is 0 Å². The molecule has 2 rings (SSSR count). The summed E-state index contributed by atoms with van der Waals surface area (Å²) in [5.74, 6) is -0.627. The number of nitrogens with one attached hydrogen (secondary N) is 2. The maximum atomic E-state index is 12.6. The zero-order valence-corrected chi connectivity index (χ0v) is 16.7. The summed E-state index contributed by atoms with van der Waals surface area (Å²) in [7, 11) is -3.93. The topological polar surface area (TPSA) is 118 Å². The lowest BCUT2D eigenvalue weighted by atomic mass is 9.89. The van der Waals surface area contributed by atoms with Crippen molar-refractivity contribution in [3.8, 4) is 0 Å². The molecule has 0 heterocycles. The summed E-state index contributed by atoms with van der Waals surface area (Å²) in [5.41, 5.74) is 5.16. The molecule has 0 unspecified atom stereocenters. The molecule has 0 aromatic heterocycles. The third-order valence-corrected chi connectivity index (χ3v) is 6.45. The highest BCUT2D eigenvalue weighted by atomic mass is 35.5. The molecule has 1 fully saturated rings. The van der Waals surface area contributed by atoms with Gasteiger partial charge in [0.2, 0.25) is 21.8 Å². The van der Waals surface area contributed by atoms with E-state index in [1.807, 2.05) is 0 Å². The molecular formula is C18H26ClN3O4S. The van der Waals surface area contributed by atoms with Crippen molar-refractivity contribution >= 4 is 33.4 Å². The quantitative estimate of drug-likeness (QED) is 0.571. The number of primary amides is 1. The standard InChI is InChI=1S/C18H26ClN3O4S/c19-14-6-8-15(9-7-14)27(25,26)22-16(10-11-17(20)23)18(24)21-12-13-4-2-1-3-5-13/h6-9,13,16,22H,1-5,10-12H2,(H2,20,23)(H,21,24)/t16-/m0/s1. The monoisotopic (exact) mass is 415 g/mol. The summed E-state index contributed by atoms with van der Waals surface area (Å²) in [6, 6.07) is 4.56. The van der Waals surface area contributed by atoms with Gasteiger partial charge in [-0.05, 0) is 49.4 Å². The zero-order chi connectivity index (χ0) is 19.9. The van der Waals surface area contributed by atoms with Crippen LogP contribution in [-0.4, -0.2) is 32.8 Å². The maximum Gasteiger partial charge on any atom is 0.241 e. The molecule has 1 atom stereocenters. The average molecular weight is 416 g/mol. The lowest BCUT2D eigenvalue weighted by Crippen LogP contribution is -2.48. The molecule has 1 aromatic carbocycles. The molecular weight excluding hydrogens is 390 g/mol.